The molecule has 0 bridgehead atoms. The Hall–Kier alpha value is -2.14. The van der Waals surface area contributed by atoms with Gasteiger partial charge in [0.05, 0.1) is 5.71 Å². The second-order valence-corrected chi connectivity index (χ2v) is 6.21. The first-order valence-electron chi connectivity index (χ1n) is 7.25. The summed E-state index contributed by atoms with van der Waals surface area (Å²) in [5.41, 5.74) is 6.36. The standard InChI is InChI=1S/C18H19BrN2O2/c1-12-4-9-17(13(2)10-12)23-11-18(22)21-20-14(3)15-5-7-16(19)8-6-15/h4-10H,11H2,1-3H3,(H,21,22)/b20-14+. The molecule has 0 radical (unpaired) electrons. The molecule has 0 heterocycles. The molecule has 5 heteroatoms. The molecule has 0 aliphatic heterocycles. The van der Waals surface area contributed by atoms with E-state index in [0.717, 1.165) is 26.9 Å². The Morgan fingerprint density at radius 2 is 1.87 bits per heavy atom. The first kappa shape index (κ1) is 17.2. The van der Waals surface area contributed by atoms with Gasteiger partial charge in [0.1, 0.15) is 5.75 Å². The Balaban J connectivity index is 1.89. The van der Waals surface area contributed by atoms with Crippen molar-refractivity contribution in [2.24, 2.45) is 5.10 Å². The maximum Gasteiger partial charge on any atom is 0.277 e. The number of carbonyl (C=O) groups is 1. The van der Waals surface area contributed by atoms with E-state index in [2.05, 4.69) is 26.5 Å². The van der Waals surface area contributed by atoms with Crippen LogP contribution in [0, 0.1) is 13.8 Å². The second-order valence-electron chi connectivity index (χ2n) is 5.30. The van der Waals surface area contributed by atoms with Crippen molar-refractivity contribution in [1.29, 1.82) is 0 Å². The molecule has 2 rings (SSSR count). The molecule has 2 aromatic carbocycles. The fourth-order valence-corrected chi connectivity index (χ4v) is 2.30. The lowest BCUT2D eigenvalue weighted by atomic mass is 10.1. The van der Waals surface area contributed by atoms with Crippen molar-refractivity contribution in [3.05, 3.63) is 63.6 Å². The maximum atomic E-state index is 11.8. The summed E-state index contributed by atoms with van der Waals surface area (Å²) in [5.74, 6) is 0.417. The van der Waals surface area contributed by atoms with Crippen LogP contribution in [-0.2, 0) is 4.79 Å². The number of amides is 1. The number of ether oxygens (including phenoxy) is 1. The van der Waals surface area contributed by atoms with Gasteiger partial charge in [0.2, 0.25) is 0 Å². The van der Waals surface area contributed by atoms with Gasteiger partial charge in [-0.1, -0.05) is 45.8 Å². The SMILES string of the molecule is C/C(=N\NC(=O)COc1ccc(C)cc1C)c1ccc(Br)cc1. The van der Waals surface area contributed by atoms with Gasteiger partial charge in [-0.2, -0.15) is 5.10 Å². The third kappa shape index (κ3) is 5.21. The van der Waals surface area contributed by atoms with Gasteiger partial charge in [-0.15, -0.1) is 0 Å². The smallest absolute Gasteiger partial charge is 0.277 e. The maximum absolute atomic E-state index is 11.8. The minimum Gasteiger partial charge on any atom is -0.483 e. The van der Waals surface area contributed by atoms with Crippen molar-refractivity contribution < 1.29 is 9.53 Å². The van der Waals surface area contributed by atoms with Crippen LogP contribution in [0.1, 0.15) is 23.6 Å². The van der Waals surface area contributed by atoms with Gasteiger partial charge in [-0.25, -0.2) is 5.43 Å². The Labute approximate surface area is 144 Å². The first-order valence-corrected chi connectivity index (χ1v) is 8.04. The Bertz CT molecular complexity index is 724. The Morgan fingerprint density at radius 1 is 1.17 bits per heavy atom. The summed E-state index contributed by atoms with van der Waals surface area (Å²) < 4.78 is 6.52. The summed E-state index contributed by atoms with van der Waals surface area (Å²) >= 11 is 3.38. The van der Waals surface area contributed by atoms with Crippen LogP contribution in [0.5, 0.6) is 5.75 Å². The predicted molar refractivity (Wildman–Crippen MR) is 95.9 cm³/mol. The molecule has 2 aromatic rings. The van der Waals surface area contributed by atoms with Gasteiger partial charge in [-0.05, 0) is 50.1 Å². The van der Waals surface area contributed by atoms with Crippen LogP contribution in [0.15, 0.2) is 52.0 Å². The summed E-state index contributed by atoms with van der Waals surface area (Å²) in [7, 11) is 0. The summed E-state index contributed by atoms with van der Waals surface area (Å²) in [6.07, 6.45) is 0. The van der Waals surface area contributed by atoms with E-state index in [0.29, 0.717) is 5.75 Å². The molecule has 0 aliphatic rings. The minimum absolute atomic E-state index is 0.0684. The van der Waals surface area contributed by atoms with Crippen molar-refractivity contribution in [3.63, 3.8) is 0 Å². The lowest BCUT2D eigenvalue weighted by Gasteiger charge is -2.09. The van der Waals surface area contributed by atoms with E-state index in [1.807, 2.05) is 63.2 Å². The van der Waals surface area contributed by atoms with Crippen LogP contribution in [0.2, 0.25) is 0 Å². The number of carbonyl (C=O) groups excluding carboxylic acids is 1. The van der Waals surface area contributed by atoms with Crippen molar-refractivity contribution in [3.8, 4) is 5.75 Å². The van der Waals surface area contributed by atoms with E-state index in [1.165, 1.54) is 0 Å². The minimum atomic E-state index is -0.290. The number of hydrogen-bond donors (Lipinski definition) is 1. The number of nitrogens with one attached hydrogen (secondary N) is 1. The summed E-state index contributed by atoms with van der Waals surface area (Å²) in [6, 6.07) is 13.6. The molecule has 0 aromatic heterocycles. The lowest BCUT2D eigenvalue weighted by Crippen LogP contribution is -2.25. The molecular weight excluding hydrogens is 356 g/mol. The zero-order chi connectivity index (χ0) is 16.8. The normalized spacial score (nSPS) is 11.2. The third-order valence-corrected chi connectivity index (χ3v) is 3.83. The number of rotatable bonds is 5. The molecule has 0 unspecified atom stereocenters. The fraction of sp³-hybridized carbons (Fsp3) is 0.222. The van der Waals surface area contributed by atoms with Crippen LogP contribution in [0.25, 0.3) is 0 Å². The van der Waals surface area contributed by atoms with E-state index < -0.39 is 0 Å². The van der Waals surface area contributed by atoms with Crippen LogP contribution in [0.3, 0.4) is 0 Å². The molecule has 4 nitrogen and oxygen atoms in total. The summed E-state index contributed by atoms with van der Waals surface area (Å²) in [6.45, 7) is 5.74. The molecule has 0 saturated heterocycles. The molecule has 120 valence electrons. The van der Waals surface area contributed by atoms with Crippen LogP contribution in [-0.4, -0.2) is 18.2 Å². The quantitative estimate of drug-likeness (QED) is 0.635. The van der Waals surface area contributed by atoms with Crippen LogP contribution >= 0.6 is 15.9 Å². The van der Waals surface area contributed by atoms with E-state index in [4.69, 9.17) is 4.74 Å². The summed E-state index contributed by atoms with van der Waals surface area (Å²) in [5, 5.41) is 4.09. The molecule has 0 saturated carbocycles. The van der Waals surface area contributed by atoms with Gasteiger partial charge in [0.15, 0.2) is 6.61 Å². The van der Waals surface area contributed by atoms with E-state index >= 15 is 0 Å². The highest BCUT2D eigenvalue weighted by Crippen LogP contribution is 2.18. The van der Waals surface area contributed by atoms with Gasteiger partial charge in [-0.3, -0.25) is 4.79 Å². The highest BCUT2D eigenvalue weighted by molar-refractivity contribution is 9.10. The van der Waals surface area contributed by atoms with E-state index in [9.17, 15) is 4.79 Å². The van der Waals surface area contributed by atoms with Gasteiger partial charge >= 0.3 is 0 Å². The Morgan fingerprint density at radius 3 is 2.52 bits per heavy atom. The van der Waals surface area contributed by atoms with E-state index in [1.54, 1.807) is 0 Å². The number of hydrazone groups is 1. The number of nitrogens with zero attached hydrogens (tertiary/aromatic N) is 1. The molecule has 0 atom stereocenters. The molecule has 0 aliphatic carbocycles. The van der Waals surface area contributed by atoms with Gasteiger partial charge in [0, 0.05) is 4.47 Å². The first-order chi connectivity index (χ1) is 11.0. The zero-order valence-electron chi connectivity index (χ0n) is 13.4. The molecule has 1 N–H and O–H groups in total. The number of halogens is 1. The molecule has 0 spiro atoms. The largest absolute Gasteiger partial charge is 0.483 e. The predicted octanol–water partition coefficient (Wildman–Crippen LogP) is 3.99. The van der Waals surface area contributed by atoms with Crippen LogP contribution in [0.4, 0.5) is 0 Å². The molecular formula is C18H19BrN2O2. The Kier molecular flexibility index (Phi) is 5.93. The monoisotopic (exact) mass is 374 g/mol. The van der Waals surface area contributed by atoms with Crippen LogP contribution < -0.4 is 10.2 Å². The van der Waals surface area contributed by atoms with Crippen molar-refractivity contribution in [2.45, 2.75) is 20.8 Å². The van der Waals surface area contributed by atoms with Crippen molar-refractivity contribution in [1.82, 2.24) is 5.43 Å². The number of benzene rings is 2. The van der Waals surface area contributed by atoms with Crippen molar-refractivity contribution in [2.75, 3.05) is 6.61 Å². The third-order valence-electron chi connectivity index (χ3n) is 3.30. The zero-order valence-corrected chi connectivity index (χ0v) is 15.0. The van der Waals surface area contributed by atoms with Gasteiger partial charge < -0.3 is 4.74 Å². The van der Waals surface area contributed by atoms with Gasteiger partial charge in [0.25, 0.3) is 5.91 Å². The van der Waals surface area contributed by atoms with Crippen molar-refractivity contribution >= 4 is 27.5 Å². The average Bonchev–Trinajstić information content (AvgIpc) is 2.52. The summed E-state index contributed by atoms with van der Waals surface area (Å²) in [4.78, 5) is 11.8. The second kappa shape index (κ2) is 7.92. The average molecular weight is 375 g/mol. The highest BCUT2D eigenvalue weighted by Gasteiger charge is 2.05. The van der Waals surface area contributed by atoms with E-state index in [-0.39, 0.29) is 12.5 Å². The number of hydrogen-bond acceptors (Lipinski definition) is 3. The number of aryl methyl sites for hydroxylation is 2. The fourth-order valence-electron chi connectivity index (χ4n) is 2.04. The topological polar surface area (TPSA) is 50.7 Å². The lowest BCUT2D eigenvalue weighted by molar-refractivity contribution is -0.123. The molecule has 1 amide bonds. The highest BCUT2D eigenvalue weighted by atomic mass is 79.9. The molecule has 0 fully saturated rings. The molecule has 23 heavy (non-hydrogen) atoms.